The van der Waals surface area contributed by atoms with Crippen molar-refractivity contribution < 1.29 is 9.90 Å². The van der Waals surface area contributed by atoms with Crippen LogP contribution in [0.15, 0.2) is 0 Å². The number of carboxylic acids is 1. The van der Waals surface area contributed by atoms with E-state index in [4.69, 9.17) is 0 Å². The molecule has 1 heterocycles. The molecule has 17 heavy (non-hydrogen) atoms. The van der Waals surface area contributed by atoms with E-state index in [2.05, 4.69) is 18.7 Å². The van der Waals surface area contributed by atoms with Gasteiger partial charge in [-0.05, 0) is 39.7 Å². The van der Waals surface area contributed by atoms with E-state index in [1.54, 1.807) is 0 Å². The van der Waals surface area contributed by atoms with E-state index >= 15 is 0 Å². The van der Waals surface area contributed by atoms with Crippen LogP contribution in [0.2, 0.25) is 0 Å². The smallest absolute Gasteiger partial charge is 0.323 e. The predicted octanol–water partition coefficient (Wildman–Crippen LogP) is 3.28. The Hall–Kier alpha value is -0.570. The molecule has 0 bridgehead atoms. The largest absolute Gasteiger partial charge is 0.480 e. The first-order valence-corrected chi connectivity index (χ1v) is 7.02. The molecule has 1 saturated heterocycles. The fourth-order valence-electron chi connectivity index (χ4n) is 2.94. The van der Waals surface area contributed by atoms with E-state index in [1.165, 1.54) is 25.7 Å². The molecule has 100 valence electrons. The van der Waals surface area contributed by atoms with Gasteiger partial charge < -0.3 is 5.11 Å². The van der Waals surface area contributed by atoms with Crippen LogP contribution in [-0.2, 0) is 4.79 Å². The number of rotatable bonds is 7. The van der Waals surface area contributed by atoms with Crippen LogP contribution in [-0.4, -0.2) is 34.1 Å². The van der Waals surface area contributed by atoms with E-state index < -0.39 is 11.5 Å². The molecule has 2 atom stereocenters. The Labute approximate surface area is 105 Å². The summed E-state index contributed by atoms with van der Waals surface area (Å²) in [6.07, 6.45) is 7.99. The standard InChI is InChI=1S/C14H27NO2/c1-4-5-6-7-9-12(2)15-11-8-10-14(15,3)13(16)17/h12H,4-11H2,1-3H3,(H,16,17). The van der Waals surface area contributed by atoms with Crippen LogP contribution in [0, 0.1) is 0 Å². The zero-order valence-corrected chi connectivity index (χ0v) is 11.5. The molecule has 0 aromatic carbocycles. The van der Waals surface area contributed by atoms with Crippen molar-refractivity contribution in [1.82, 2.24) is 4.90 Å². The molecule has 3 heteroatoms. The fraction of sp³-hybridized carbons (Fsp3) is 0.929. The highest BCUT2D eigenvalue weighted by atomic mass is 16.4. The highest BCUT2D eigenvalue weighted by Gasteiger charge is 2.44. The van der Waals surface area contributed by atoms with Crippen LogP contribution in [0.1, 0.15) is 65.7 Å². The molecule has 1 aliphatic rings. The lowest BCUT2D eigenvalue weighted by atomic mass is 9.96. The minimum atomic E-state index is -0.657. The second kappa shape index (κ2) is 6.39. The third-order valence-electron chi connectivity index (χ3n) is 4.16. The van der Waals surface area contributed by atoms with Gasteiger partial charge in [-0.1, -0.05) is 32.6 Å². The van der Waals surface area contributed by atoms with E-state index in [9.17, 15) is 9.90 Å². The molecule has 0 spiro atoms. The Morgan fingerprint density at radius 2 is 2.12 bits per heavy atom. The van der Waals surface area contributed by atoms with Crippen LogP contribution in [0.25, 0.3) is 0 Å². The average molecular weight is 241 g/mol. The molecule has 1 N–H and O–H groups in total. The maximum absolute atomic E-state index is 11.4. The van der Waals surface area contributed by atoms with Crippen LogP contribution in [0.4, 0.5) is 0 Å². The van der Waals surface area contributed by atoms with Gasteiger partial charge in [-0.2, -0.15) is 0 Å². The van der Waals surface area contributed by atoms with Crippen molar-refractivity contribution in [2.45, 2.75) is 77.3 Å². The van der Waals surface area contributed by atoms with Crippen molar-refractivity contribution in [2.75, 3.05) is 6.54 Å². The van der Waals surface area contributed by atoms with E-state index in [0.717, 1.165) is 25.8 Å². The Kier molecular flexibility index (Phi) is 5.44. The number of carboxylic acid groups (broad SMARTS) is 1. The highest BCUT2D eigenvalue weighted by Crippen LogP contribution is 2.32. The minimum absolute atomic E-state index is 0.399. The van der Waals surface area contributed by atoms with Crippen LogP contribution >= 0.6 is 0 Å². The maximum atomic E-state index is 11.4. The summed E-state index contributed by atoms with van der Waals surface area (Å²) < 4.78 is 0. The third kappa shape index (κ3) is 3.44. The number of hydrogen-bond donors (Lipinski definition) is 1. The van der Waals surface area contributed by atoms with Gasteiger partial charge in [-0.3, -0.25) is 9.69 Å². The monoisotopic (exact) mass is 241 g/mol. The molecule has 0 saturated carbocycles. The summed E-state index contributed by atoms with van der Waals surface area (Å²) in [6, 6.07) is 0.399. The number of likely N-dealkylation sites (tertiary alicyclic amines) is 1. The summed E-state index contributed by atoms with van der Waals surface area (Å²) in [5.74, 6) is -0.657. The lowest BCUT2D eigenvalue weighted by Crippen LogP contribution is -2.51. The zero-order valence-electron chi connectivity index (χ0n) is 11.5. The summed E-state index contributed by atoms with van der Waals surface area (Å²) in [7, 11) is 0. The summed E-state index contributed by atoms with van der Waals surface area (Å²) in [6.45, 7) is 7.21. The van der Waals surface area contributed by atoms with E-state index in [-0.39, 0.29) is 0 Å². The molecule has 3 nitrogen and oxygen atoms in total. The topological polar surface area (TPSA) is 40.5 Å². The number of aliphatic carboxylic acids is 1. The molecule has 0 amide bonds. The lowest BCUT2D eigenvalue weighted by molar-refractivity contribution is -0.149. The van der Waals surface area contributed by atoms with Gasteiger partial charge >= 0.3 is 5.97 Å². The van der Waals surface area contributed by atoms with Gasteiger partial charge in [0.05, 0.1) is 0 Å². The summed E-state index contributed by atoms with van der Waals surface area (Å²) >= 11 is 0. The summed E-state index contributed by atoms with van der Waals surface area (Å²) in [5, 5.41) is 9.36. The quantitative estimate of drug-likeness (QED) is 0.695. The van der Waals surface area contributed by atoms with Crippen molar-refractivity contribution in [3.8, 4) is 0 Å². The average Bonchev–Trinajstić information content (AvgIpc) is 2.68. The second-order valence-electron chi connectivity index (χ2n) is 5.57. The molecule has 0 aromatic rings. The second-order valence-corrected chi connectivity index (χ2v) is 5.57. The van der Waals surface area contributed by atoms with Crippen molar-refractivity contribution >= 4 is 5.97 Å². The molecule has 0 aromatic heterocycles. The van der Waals surface area contributed by atoms with Crippen molar-refractivity contribution in [2.24, 2.45) is 0 Å². The molecule has 1 fully saturated rings. The molecule has 1 aliphatic heterocycles. The molecular weight excluding hydrogens is 214 g/mol. The Balaban J connectivity index is 2.45. The van der Waals surface area contributed by atoms with Gasteiger partial charge in [0.25, 0.3) is 0 Å². The minimum Gasteiger partial charge on any atom is -0.480 e. The molecule has 0 aliphatic carbocycles. The van der Waals surface area contributed by atoms with E-state index in [1.807, 2.05) is 6.92 Å². The normalized spacial score (nSPS) is 27.2. The first-order chi connectivity index (χ1) is 8.02. The SMILES string of the molecule is CCCCCCC(C)N1CCCC1(C)C(=O)O. The Morgan fingerprint density at radius 1 is 1.41 bits per heavy atom. The first-order valence-electron chi connectivity index (χ1n) is 7.02. The lowest BCUT2D eigenvalue weighted by Gasteiger charge is -2.36. The molecular formula is C14H27NO2. The molecule has 1 rings (SSSR count). The molecule has 0 radical (unpaired) electrons. The number of hydrogen-bond acceptors (Lipinski definition) is 2. The highest BCUT2D eigenvalue weighted by molar-refractivity contribution is 5.78. The Morgan fingerprint density at radius 3 is 2.71 bits per heavy atom. The van der Waals surface area contributed by atoms with Crippen molar-refractivity contribution in [1.29, 1.82) is 0 Å². The van der Waals surface area contributed by atoms with Crippen molar-refractivity contribution in [3.63, 3.8) is 0 Å². The van der Waals surface area contributed by atoms with Crippen LogP contribution in [0.5, 0.6) is 0 Å². The van der Waals surface area contributed by atoms with Gasteiger partial charge in [0, 0.05) is 6.04 Å². The predicted molar refractivity (Wildman–Crippen MR) is 70.2 cm³/mol. The van der Waals surface area contributed by atoms with Crippen LogP contribution < -0.4 is 0 Å². The van der Waals surface area contributed by atoms with Crippen molar-refractivity contribution in [3.05, 3.63) is 0 Å². The zero-order chi connectivity index (χ0) is 12.9. The maximum Gasteiger partial charge on any atom is 0.323 e. The van der Waals surface area contributed by atoms with Gasteiger partial charge in [-0.25, -0.2) is 0 Å². The number of nitrogens with zero attached hydrogens (tertiary/aromatic N) is 1. The molecule has 2 unspecified atom stereocenters. The third-order valence-corrected chi connectivity index (χ3v) is 4.16. The van der Waals surface area contributed by atoms with Gasteiger partial charge in [0.15, 0.2) is 0 Å². The van der Waals surface area contributed by atoms with Gasteiger partial charge in [-0.15, -0.1) is 0 Å². The van der Waals surface area contributed by atoms with Gasteiger partial charge in [0.2, 0.25) is 0 Å². The first kappa shape index (κ1) is 14.5. The van der Waals surface area contributed by atoms with Gasteiger partial charge in [0.1, 0.15) is 5.54 Å². The van der Waals surface area contributed by atoms with E-state index in [0.29, 0.717) is 6.04 Å². The fourth-order valence-corrected chi connectivity index (χ4v) is 2.94. The number of unbranched alkanes of at least 4 members (excludes halogenated alkanes) is 3. The Bertz CT molecular complexity index is 255. The number of carbonyl (C=O) groups is 1. The van der Waals surface area contributed by atoms with Crippen LogP contribution in [0.3, 0.4) is 0 Å². The summed E-state index contributed by atoms with van der Waals surface area (Å²) in [4.78, 5) is 13.6. The summed E-state index contributed by atoms with van der Waals surface area (Å²) in [5.41, 5.74) is -0.621.